The molecule has 1 N–H and O–H groups in total. The fraction of sp³-hybridized carbons (Fsp3) is 0.217. The van der Waals surface area contributed by atoms with Crippen molar-refractivity contribution in [1.29, 1.82) is 0 Å². The van der Waals surface area contributed by atoms with Gasteiger partial charge in [0.1, 0.15) is 11.3 Å². The molecule has 0 spiro atoms. The number of benzene rings is 1. The van der Waals surface area contributed by atoms with Crippen molar-refractivity contribution >= 4 is 11.6 Å². The Kier molecular flexibility index (Phi) is 4.51. The molecule has 5 heteroatoms. The van der Waals surface area contributed by atoms with Crippen molar-refractivity contribution in [3.63, 3.8) is 0 Å². The van der Waals surface area contributed by atoms with E-state index in [-0.39, 0.29) is 5.91 Å². The molecule has 28 heavy (non-hydrogen) atoms. The minimum absolute atomic E-state index is 0.0898. The smallest absolute Gasteiger partial charge is 0.268 e. The number of amides is 1. The third-order valence-electron chi connectivity index (χ3n) is 5.21. The third kappa shape index (κ3) is 3.20. The quantitative estimate of drug-likeness (QED) is 0.584. The molecule has 0 bridgehead atoms. The SMILES string of the molecule is Cc1ccc(-c2nc3ccc(C)cn3c2CNC(=O)c2ccc(C)n2C)cc1. The maximum Gasteiger partial charge on any atom is 0.268 e. The Morgan fingerprint density at radius 2 is 1.68 bits per heavy atom. The van der Waals surface area contributed by atoms with Gasteiger partial charge in [0, 0.05) is 24.5 Å². The molecule has 0 saturated heterocycles. The molecule has 0 aliphatic carbocycles. The molecule has 4 rings (SSSR count). The Hall–Kier alpha value is -3.34. The molecule has 0 saturated carbocycles. The number of aryl methyl sites for hydroxylation is 3. The molecular formula is C23H24N4O. The van der Waals surface area contributed by atoms with Crippen molar-refractivity contribution in [3.8, 4) is 11.3 Å². The van der Waals surface area contributed by atoms with Gasteiger partial charge in [0.05, 0.1) is 17.9 Å². The topological polar surface area (TPSA) is 51.3 Å². The Bertz CT molecular complexity index is 1170. The Morgan fingerprint density at radius 3 is 2.36 bits per heavy atom. The van der Waals surface area contributed by atoms with Gasteiger partial charge in [0.25, 0.3) is 5.91 Å². The summed E-state index contributed by atoms with van der Waals surface area (Å²) in [4.78, 5) is 17.5. The monoisotopic (exact) mass is 372 g/mol. The molecule has 0 unspecified atom stereocenters. The van der Waals surface area contributed by atoms with Crippen molar-refractivity contribution in [1.82, 2.24) is 19.3 Å². The molecule has 5 nitrogen and oxygen atoms in total. The minimum Gasteiger partial charge on any atom is -0.345 e. The van der Waals surface area contributed by atoms with E-state index in [2.05, 4.69) is 60.1 Å². The van der Waals surface area contributed by atoms with Gasteiger partial charge in [0.2, 0.25) is 0 Å². The van der Waals surface area contributed by atoms with Crippen LogP contribution >= 0.6 is 0 Å². The first-order valence-corrected chi connectivity index (χ1v) is 9.39. The predicted molar refractivity (Wildman–Crippen MR) is 111 cm³/mol. The van der Waals surface area contributed by atoms with Gasteiger partial charge >= 0.3 is 0 Å². The number of fused-ring (bicyclic) bond motifs is 1. The van der Waals surface area contributed by atoms with Crippen LogP contribution < -0.4 is 5.32 Å². The lowest BCUT2D eigenvalue weighted by molar-refractivity contribution is 0.0942. The zero-order valence-corrected chi connectivity index (χ0v) is 16.7. The molecule has 1 amide bonds. The molecule has 0 aliphatic rings. The highest BCUT2D eigenvalue weighted by Crippen LogP contribution is 2.25. The fourth-order valence-electron chi connectivity index (χ4n) is 3.41. The molecule has 4 aromatic rings. The van der Waals surface area contributed by atoms with Crippen LogP contribution in [0.4, 0.5) is 0 Å². The molecule has 0 atom stereocenters. The van der Waals surface area contributed by atoms with E-state index in [9.17, 15) is 4.79 Å². The lowest BCUT2D eigenvalue weighted by Gasteiger charge is -2.10. The molecule has 0 aliphatic heterocycles. The van der Waals surface area contributed by atoms with Gasteiger partial charge in [0.15, 0.2) is 0 Å². The Morgan fingerprint density at radius 1 is 0.964 bits per heavy atom. The number of aromatic nitrogens is 3. The number of carbonyl (C=O) groups is 1. The zero-order valence-electron chi connectivity index (χ0n) is 16.7. The van der Waals surface area contributed by atoms with Crippen molar-refractivity contribution in [3.05, 3.63) is 82.9 Å². The van der Waals surface area contributed by atoms with Crippen molar-refractivity contribution in [2.45, 2.75) is 27.3 Å². The highest BCUT2D eigenvalue weighted by Gasteiger charge is 2.17. The van der Waals surface area contributed by atoms with Crippen LogP contribution in [0.2, 0.25) is 0 Å². The molecule has 1 aromatic carbocycles. The summed E-state index contributed by atoms with van der Waals surface area (Å²) in [6, 6.07) is 16.2. The van der Waals surface area contributed by atoms with Gasteiger partial charge in [-0.15, -0.1) is 0 Å². The zero-order chi connectivity index (χ0) is 19.8. The van der Waals surface area contributed by atoms with Crippen LogP contribution in [0.5, 0.6) is 0 Å². The molecule has 3 aromatic heterocycles. The van der Waals surface area contributed by atoms with Crippen LogP contribution in [0.25, 0.3) is 16.9 Å². The van der Waals surface area contributed by atoms with E-state index in [0.29, 0.717) is 12.2 Å². The van der Waals surface area contributed by atoms with E-state index >= 15 is 0 Å². The average molecular weight is 372 g/mol. The summed E-state index contributed by atoms with van der Waals surface area (Å²) in [6.45, 7) is 6.51. The van der Waals surface area contributed by atoms with Crippen LogP contribution in [0.15, 0.2) is 54.7 Å². The lowest BCUT2D eigenvalue weighted by atomic mass is 10.1. The second-order valence-electron chi connectivity index (χ2n) is 7.31. The van der Waals surface area contributed by atoms with E-state index in [1.165, 1.54) is 5.56 Å². The Balaban J connectivity index is 1.73. The second kappa shape index (κ2) is 7.00. The first-order valence-electron chi connectivity index (χ1n) is 9.39. The van der Waals surface area contributed by atoms with Gasteiger partial charge < -0.3 is 14.3 Å². The number of hydrogen-bond donors (Lipinski definition) is 1. The second-order valence-corrected chi connectivity index (χ2v) is 7.31. The first-order chi connectivity index (χ1) is 13.4. The standard InChI is InChI=1S/C23H24N4O/c1-15-5-9-18(10-6-15)22-20(27-14-16(2)7-12-21(27)25-22)13-24-23(28)19-11-8-17(3)26(19)4/h5-12,14H,13H2,1-4H3,(H,24,28). The number of pyridine rings is 1. The summed E-state index contributed by atoms with van der Waals surface area (Å²) in [5.41, 5.74) is 7.85. The van der Waals surface area contributed by atoms with Crippen LogP contribution in [-0.2, 0) is 13.6 Å². The summed E-state index contributed by atoms with van der Waals surface area (Å²) in [5, 5.41) is 3.07. The summed E-state index contributed by atoms with van der Waals surface area (Å²) in [5.74, 6) is -0.0898. The van der Waals surface area contributed by atoms with Gasteiger partial charge in [-0.1, -0.05) is 35.9 Å². The summed E-state index contributed by atoms with van der Waals surface area (Å²) in [7, 11) is 1.90. The van der Waals surface area contributed by atoms with Gasteiger partial charge in [-0.05, 0) is 44.5 Å². The van der Waals surface area contributed by atoms with Gasteiger partial charge in [-0.3, -0.25) is 4.79 Å². The number of carbonyl (C=O) groups excluding carboxylic acids is 1. The summed E-state index contributed by atoms with van der Waals surface area (Å²) >= 11 is 0. The fourth-order valence-corrected chi connectivity index (χ4v) is 3.41. The molecule has 0 fully saturated rings. The predicted octanol–water partition coefficient (Wildman–Crippen LogP) is 4.20. The van der Waals surface area contributed by atoms with E-state index in [1.807, 2.05) is 36.7 Å². The lowest BCUT2D eigenvalue weighted by Crippen LogP contribution is -2.26. The third-order valence-corrected chi connectivity index (χ3v) is 5.21. The maximum absolute atomic E-state index is 12.7. The van der Waals surface area contributed by atoms with E-state index in [1.54, 1.807) is 0 Å². The average Bonchev–Trinajstić information content (AvgIpc) is 3.20. The van der Waals surface area contributed by atoms with E-state index in [4.69, 9.17) is 4.98 Å². The highest BCUT2D eigenvalue weighted by molar-refractivity contribution is 5.93. The minimum atomic E-state index is -0.0898. The molecular weight excluding hydrogens is 348 g/mol. The first kappa shape index (κ1) is 18.0. The largest absolute Gasteiger partial charge is 0.345 e. The molecule has 142 valence electrons. The number of nitrogens with zero attached hydrogens (tertiary/aromatic N) is 3. The number of rotatable bonds is 4. The van der Waals surface area contributed by atoms with Crippen molar-refractivity contribution in [2.24, 2.45) is 7.05 Å². The summed E-state index contributed by atoms with van der Waals surface area (Å²) < 4.78 is 3.97. The van der Waals surface area contributed by atoms with Gasteiger partial charge in [-0.25, -0.2) is 4.98 Å². The Labute approximate surface area is 164 Å². The van der Waals surface area contributed by atoms with E-state index < -0.39 is 0 Å². The molecule has 0 radical (unpaired) electrons. The van der Waals surface area contributed by atoms with Crippen LogP contribution in [0.3, 0.4) is 0 Å². The summed E-state index contributed by atoms with van der Waals surface area (Å²) in [6.07, 6.45) is 2.06. The maximum atomic E-state index is 12.7. The van der Waals surface area contributed by atoms with Crippen LogP contribution in [0.1, 0.15) is 33.0 Å². The van der Waals surface area contributed by atoms with Gasteiger partial charge in [-0.2, -0.15) is 0 Å². The normalized spacial score (nSPS) is 11.1. The highest BCUT2D eigenvalue weighted by atomic mass is 16.1. The van der Waals surface area contributed by atoms with Crippen molar-refractivity contribution < 1.29 is 4.79 Å². The molecule has 3 heterocycles. The number of nitrogens with one attached hydrogen (secondary N) is 1. The van der Waals surface area contributed by atoms with E-state index in [0.717, 1.165) is 33.9 Å². The van der Waals surface area contributed by atoms with Crippen molar-refractivity contribution in [2.75, 3.05) is 0 Å². The van der Waals surface area contributed by atoms with Crippen LogP contribution in [-0.4, -0.2) is 19.9 Å². The van der Waals surface area contributed by atoms with Crippen LogP contribution in [0, 0.1) is 20.8 Å². The number of imidazole rings is 1. The number of hydrogen-bond acceptors (Lipinski definition) is 2.